The average Bonchev–Trinajstić information content (AvgIpc) is 3.39. The van der Waals surface area contributed by atoms with E-state index in [9.17, 15) is 18.0 Å². The van der Waals surface area contributed by atoms with E-state index in [0.29, 0.717) is 39.6 Å². The summed E-state index contributed by atoms with van der Waals surface area (Å²) in [6, 6.07) is 5.98. The van der Waals surface area contributed by atoms with E-state index in [-0.39, 0.29) is 16.4 Å². The lowest BCUT2D eigenvalue weighted by Crippen LogP contribution is -2.16. The largest absolute Gasteiger partial charge is 0.417 e. The number of Topliss-reactive ketones (excluding diaryl/α,β-unsaturated/α-hetero) is 1. The maximum absolute atomic E-state index is 13.6. The number of carbonyl (C=O) groups excluding carboxylic acids is 1. The van der Waals surface area contributed by atoms with Crippen LogP contribution in [0.2, 0.25) is 0 Å². The summed E-state index contributed by atoms with van der Waals surface area (Å²) >= 11 is 1.09. The highest BCUT2D eigenvalue weighted by atomic mass is 32.1. The van der Waals surface area contributed by atoms with Crippen molar-refractivity contribution in [2.45, 2.75) is 57.5 Å². The van der Waals surface area contributed by atoms with Crippen LogP contribution >= 0.6 is 11.3 Å². The van der Waals surface area contributed by atoms with Gasteiger partial charge in [-0.05, 0) is 62.5 Å². The Morgan fingerprint density at radius 2 is 2.00 bits per heavy atom. The van der Waals surface area contributed by atoms with Gasteiger partial charge in [0, 0.05) is 29.4 Å². The van der Waals surface area contributed by atoms with Crippen LogP contribution in [-0.2, 0) is 11.0 Å². The maximum atomic E-state index is 13.6. The lowest BCUT2D eigenvalue weighted by molar-refractivity contribution is -0.136. The summed E-state index contributed by atoms with van der Waals surface area (Å²) in [5.74, 6) is 2.17. The Morgan fingerprint density at radius 1 is 1.24 bits per heavy atom. The van der Waals surface area contributed by atoms with Crippen molar-refractivity contribution in [1.29, 1.82) is 0 Å². The fraction of sp³-hybridized carbons (Fsp3) is 0.400. The second-order valence-electron chi connectivity index (χ2n) is 9.14. The van der Waals surface area contributed by atoms with Crippen molar-refractivity contribution in [3.63, 3.8) is 0 Å². The first-order valence-electron chi connectivity index (χ1n) is 11.4. The zero-order chi connectivity index (χ0) is 24.0. The summed E-state index contributed by atoms with van der Waals surface area (Å²) in [5, 5.41) is 0.533. The monoisotopic (exact) mass is 486 g/mol. The molecule has 4 aromatic rings. The Balaban J connectivity index is 1.54. The number of rotatable bonds is 5. The van der Waals surface area contributed by atoms with Crippen LogP contribution in [0.3, 0.4) is 0 Å². The zero-order valence-electron chi connectivity index (χ0n) is 18.7. The topological polar surface area (TPSA) is 73.3 Å². The van der Waals surface area contributed by atoms with Gasteiger partial charge in [-0.2, -0.15) is 13.2 Å². The number of anilines is 1. The third-order valence-corrected chi connectivity index (χ3v) is 8.00. The Morgan fingerprint density at radius 3 is 2.71 bits per heavy atom. The number of alkyl halides is 3. The fourth-order valence-corrected chi connectivity index (χ4v) is 6.25. The van der Waals surface area contributed by atoms with E-state index < -0.39 is 11.7 Å². The van der Waals surface area contributed by atoms with E-state index in [0.717, 1.165) is 55.3 Å². The van der Waals surface area contributed by atoms with Crippen LogP contribution in [0.1, 0.15) is 62.8 Å². The predicted molar refractivity (Wildman–Crippen MR) is 128 cm³/mol. The summed E-state index contributed by atoms with van der Waals surface area (Å²) in [6.45, 7) is 1.63. The summed E-state index contributed by atoms with van der Waals surface area (Å²) < 4.78 is 42.8. The van der Waals surface area contributed by atoms with Gasteiger partial charge < -0.3 is 10.5 Å². The normalized spacial score (nSPS) is 19.2. The molecule has 1 aliphatic rings. The van der Waals surface area contributed by atoms with Crippen molar-refractivity contribution in [2.24, 2.45) is 5.92 Å². The van der Waals surface area contributed by atoms with Crippen molar-refractivity contribution in [2.75, 3.05) is 5.73 Å². The SMILES string of the molecule is CC(=O)CCC1CCC(c2nc(-c3cc4cccc(C(F)(F)F)c4s3)c3c(N)nccn23)CC1. The Hall–Kier alpha value is -2.94. The molecule has 5 rings (SSSR count). The first-order chi connectivity index (χ1) is 16.2. The predicted octanol–water partition coefficient (Wildman–Crippen LogP) is 6.86. The van der Waals surface area contributed by atoms with Crippen LogP contribution in [0.25, 0.3) is 26.2 Å². The van der Waals surface area contributed by atoms with E-state index in [1.165, 1.54) is 6.07 Å². The molecule has 3 aromatic heterocycles. The van der Waals surface area contributed by atoms with Gasteiger partial charge in [-0.1, -0.05) is 12.1 Å². The van der Waals surface area contributed by atoms with Crippen molar-refractivity contribution >= 4 is 38.5 Å². The molecule has 2 N–H and O–H groups in total. The van der Waals surface area contributed by atoms with Gasteiger partial charge in [0.2, 0.25) is 0 Å². The highest BCUT2D eigenvalue weighted by Crippen LogP contribution is 2.44. The van der Waals surface area contributed by atoms with E-state index in [1.807, 2.05) is 10.6 Å². The van der Waals surface area contributed by atoms with Crippen LogP contribution in [0, 0.1) is 5.92 Å². The van der Waals surface area contributed by atoms with Gasteiger partial charge in [-0.15, -0.1) is 11.3 Å². The molecule has 0 atom stereocenters. The molecule has 1 fully saturated rings. The minimum Gasteiger partial charge on any atom is -0.382 e. The number of nitrogen functional groups attached to an aromatic ring is 1. The van der Waals surface area contributed by atoms with E-state index >= 15 is 0 Å². The maximum Gasteiger partial charge on any atom is 0.417 e. The molecule has 0 spiro atoms. The molecular formula is C25H25F3N4OS. The molecule has 0 bridgehead atoms. The van der Waals surface area contributed by atoms with Crippen LogP contribution < -0.4 is 5.73 Å². The Kier molecular flexibility index (Phi) is 5.83. The summed E-state index contributed by atoms with van der Waals surface area (Å²) in [7, 11) is 0. The van der Waals surface area contributed by atoms with Gasteiger partial charge in [0.25, 0.3) is 0 Å². The molecule has 1 aliphatic carbocycles. The number of aromatic nitrogens is 3. The lowest BCUT2D eigenvalue weighted by Gasteiger charge is -2.27. The fourth-order valence-electron chi connectivity index (χ4n) is 5.07. The standard InChI is InChI=1S/C25H25F3N4OS/c1-14(33)5-6-15-7-9-16(10-8-15)24-31-20(21-23(29)30-11-12-32(21)24)19-13-17-3-2-4-18(22(17)34-19)25(26,27)28/h2-4,11-13,15-16H,5-10H2,1H3,(H2,29,30). The molecule has 0 amide bonds. The molecule has 5 nitrogen and oxygen atoms in total. The molecule has 34 heavy (non-hydrogen) atoms. The molecule has 1 saturated carbocycles. The van der Waals surface area contributed by atoms with Gasteiger partial charge in [0.05, 0.1) is 10.4 Å². The van der Waals surface area contributed by atoms with Gasteiger partial charge in [0.1, 0.15) is 28.6 Å². The van der Waals surface area contributed by atoms with Gasteiger partial charge in [0.15, 0.2) is 0 Å². The summed E-state index contributed by atoms with van der Waals surface area (Å²) in [4.78, 5) is 21.2. The number of benzene rings is 1. The van der Waals surface area contributed by atoms with Crippen LogP contribution in [-0.4, -0.2) is 20.2 Å². The smallest absolute Gasteiger partial charge is 0.382 e. The molecule has 0 radical (unpaired) electrons. The van der Waals surface area contributed by atoms with Crippen LogP contribution in [0.5, 0.6) is 0 Å². The van der Waals surface area contributed by atoms with Crippen LogP contribution in [0.15, 0.2) is 36.7 Å². The Labute approximate surface area is 198 Å². The van der Waals surface area contributed by atoms with Gasteiger partial charge in [-0.3, -0.25) is 4.40 Å². The second-order valence-corrected chi connectivity index (χ2v) is 10.2. The molecule has 0 aliphatic heterocycles. The van der Waals surface area contributed by atoms with E-state index in [1.54, 1.807) is 25.3 Å². The third-order valence-electron chi connectivity index (χ3n) is 6.81. The number of halogens is 3. The van der Waals surface area contributed by atoms with Crippen molar-refractivity contribution < 1.29 is 18.0 Å². The first kappa shape index (κ1) is 22.8. The van der Waals surface area contributed by atoms with Gasteiger partial charge in [-0.25, -0.2) is 9.97 Å². The number of fused-ring (bicyclic) bond motifs is 2. The third kappa shape index (κ3) is 4.17. The highest BCUT2D eigenvalue weighted by Gasteiger charge is 2.34. The minimum atomic E-state index is -4.43. The number of nitrogens with two attached hydrogens (primary N) is 1. The molecule has 1 aromatic carbocycles. The summed E-state index contributed by atoms with van der Waals surface area (Å²) in [6.07, 6.45) is 4.54. The Bertz CT molecular complexity index is 1370. The number of carbonyl (C=O) groups is 1. The minimum absolute atomic E-state index is 0.196. The van der Waals surface area contributed by atoms with E-state index in [2.05, 4.69) is 4.98 Å². The molecule has 178 valence electrons. The zero-order valence-corrected chi connectivity index (χ0v) is 19.5. The number of hydrogen-bond acceptors (Lipinski definition) is 5. The molecule has 3 heterocycles. The average molecular weight is 487 g/mol. The van der Waals surface area contributed by atoms with Gasteiger partial charge >= 0.3 is 6.18 Å². The van der Waals surface area contributed by atoms with Crippen molar-refractivity contribution in [1.82, 2.24) is 14.4 Å². The lowest BCUT2D eigenvalue weighted by atomic mass is 9.79. The molecular weight excluding hydrogens is 461 g/mol. The highest BCUT2D eigenvalue weighted by molar-refractivity contribution is 7.22. The second kappa shape index (κ2) is 8.69. The number of ketones is 1. The quantitative estimate of drug-likeness (QED) is 0.335. The van der Waals surface area contributed by atoms with Crippen molar-refractivity contribution in [3.8, 4) is 10.6 Å². The van der Waals surface area contributed by atoms with E-state index in [4.69, 9.17) is 10.7 Å². The number of nitrogens with zero attached hydrogens (tertiary/aromatic N) is 3. The van der Waals surface area contributed by atoms with Crippen molar-refractivity contribution in [3.05, 3.63) is 48.0 Å². The summed E-state index contributed by atoms with van der Waals surface area (Å²) in [5.41, 5.74) is 6.82. The molecule has 0 unspecified atom stereocenters. The number of thiophene rings is 1. The molecule has 0 saturated heterocycles. The number of hydrogen-bond donors (Lipinski definition) is 1. The van der Waals surface area contributed by atoms with Crippen LogP contribution in [0.4, 0.5) is 19.0 Å². The first-order valence-corrected chi connectivity index (χ1v) is 12.3. The number of imidazole rings is 1. The molecule has 9 heteroatoms.